The van der Waals surface area contributed by atoms with E-state index in [0.717, 1.165) is 57.8 Å². The van der Waals surface area contributed by atoms with E-state index >= 15 is 0 Å². The fraction of sp³-hybridized carbons (Fsp3) is 0.257. The lowest BCUT2D eigenvalue weighted by atomic mass is 10.0. The number of hydrogen-bond donors (Lipinski definition) is 3. The molecule has 2 aromatic heterocycles. The fourth-order valence-corrected chi connectivity index (χ4v) is 5.45. The third-order valence-electron chi connectivity index (χ3n) is 7.61. The third-order valence-corrected chi connectivity index (χ3v) is 7.61. The lowest BCUT2D eigenvalue weighted by Gasteiger charge is -2.19. The van der Waals surface area contributed by atoms with E-state index in [1.807, 2.05) is 54.6 Å². The highest BCUT2D eigenvalue weighted by Gasteiger charge is 2.23. The second kappa shape index (κ2) is 13.7. The molecular weight excluding hydrogens is 524 g/mol. The number of fused-ring (bicyclic) bond motifs is 2. The van der Waals surface area contributed by atoms with Gasteiger partial charge >= 0.3 is 0 Å². The molecule has 42 heavy (non-hydrogen) atoms. The van der Waals surface area contributed by atoms with E-state index in [4.69, 9.17) is 0 Å². The number of benzene rings is 3. The smallest absolute Gasteiger partial charge is 0.254 e. The summed E-state index contributed by atoms with van der Waals surface area (Å²) in [5.74, 6) is -0.386. The number of unbranched alkanes of at least 4 members (excludes halogenated alkanes) is 2. The second-order valence-electron chi connectivity index (χ2n) is 10.7. The van der Waals surface area contributed by atoms with E-state index in [-0.39, 0.29) is 17.6 Å². The van der Waals surface area contributed by atoms with E-state index in [1.165, 1.54) is 0 Å². The number of aromatic amines is 1. The van der Waals surface area contributed by atoms with Crippen LogP contribution in [0.1, 0.15) is 54.9 Å². The Morgan fingerprint density at radius 1 is 0.833 bits per heavy atom. The average molecular weight is 561 g/mol. The summed E-state index contributed by atoms with van der Waals surface area (Å²) in [6.07, 6.45) is 7.21. The number of aromatic nitrogens is 2. The highest BCUT2D eigenvalue weighted by molar-refractivity contribution is 6.07. The number of H-pyrrole nitrogens is 1. The molecule has 1 atom stereocenters. The molecule has 5 rings (SSSR count). The number of carbonyl (C=O) groups is 3. The van der Waals surface area contributed by atoms with Gasteiger partial charge < -0.3 is 20.4 Å². The minimum absolute atomic E-state index is 0.160. The first-order chi connectivity index (χ1) is 20.5. The molecule has 2 amide bonds. The Bertz CT molecular complexity index is 1690. The Balaban J connectivity index is 1.30. The number of carbonyl (C=O) groups excluding carboxylic acids is 3. The van der Waals surface area contributed by atoms with Gasteiger partial charge in [0.25, 0.3) is 5.91 Å². The Morgan fingerprint density at radius 2 is 1.57 bits per heavy atom. The first-order valence-electron chi connectivity index (χ1n) is 14.6. The van der Waals surface area contributed by atoms with Gasteiger partial charge in [-0.1, -0.05) is 85.6 Å². The summed E-state index contributed by atoms with van der Waals surface area (Å²) in [5, 5.41) is 8.84. The maximum atomic E-state index is 13.5. The third kappa shape index (κ3) is 6.92. The predicted octanol–water partition coefficient (Wildman–Crippen LogP) is 6.38. The van der Waals surface area contributed by atoms with Gasteiger partial charge in [0, 0.05) is 47.3 Å². The highest BCUT2D eigenvalue weighted by Crippen LogP contribution is 2.30. The highest BCUT2D eigenvalue weighted by atomic mass is 16.2. The Labute approximate surface area is 245 Å². The number of Topliss-reactive ketones (excluding diaryl/α,β-unsaturated/α-hetero) is 1. The normalized spacial score (nSPS) is 11.8. The number of rotatable bonds is 13. The van der Waals surface area contributed by atoms with Crippen LogP contribution in [-0.2, 0) is 16.0 Å². The van der Waals surface area contributed by atoms with Crippen molar-refractivity contribution < 1.29 is 14.4 Å². The lowest BCUT2D eigenvalue weighted by molar-refractivity contribution is -0.123. The zero-order valence-corrected chi connectivity index (χ0v) is 23.9. The summed E-state index contributed by atoms with van der Waals surface area (Å²) in [5.41, 5.74) is 4.77. The molecule has 0 aliphatic rings. The standard InChI is InChI=1S/C35H36N4O3/c1-24(40)12-4-2-7-19-32(39-34(41)30-23-36-22-26-15-8-9-16-27(26)30)35(42)37-21-20-29-28-17-10-11-18-31(28)38-33(29)25-13-5-3-6-14-25/h3,5-6,8-11,13-18,22-23,32,38H,2,4,7,12,19-21H2,1H3,(H,37,42)(H,39,41)/t32-/m0/s1. The molecule has 0 unspecified atom stereocenters. The summed E-state index contributed by atoms with van der Waals surface area (Å²) < 4.78 is 0. The fourth-order valence-electron chi connectivity index (χ4n) is 5.45. The maximum Gasteiger partial charge on any atom is 0.254 e. The van der Waals surface area contributed by atoms with Crippen molar-refractivity contribution in [2.45, 2.75) is 51.5 Å². The molecule has 0 saturated carbocycles. The van der Waals surface area contributed by atoms with Gasteiger partial charge in [-0.05, 0) is 48.8 Å². The molecule has 3 N–H and O–H groups in total. The zero-order valence-electron chi connectivity index (χ0n) is 23.9. The van der Waals surface area contributed by atoms with Crippen molar-refractivity contribution >= 4 is 39.3 Å². The predicted molar refractivity (Wildman–Crippen MR) is 167 cm³/mol. The van der Waals surface area contributed by atoms with E-state index in [0.29, 0.717) is 31.4 Å². The molecule has 2 heterocycles. The zero-order chi connectivity index (χ0) is 29.3. The molecule has 3 aromatic carbocycles. The summed E-state index contributed by atoms with van der Waals surface area (Å²) in [6, 6.07) is 25.2. The molecule has 0 saturated heterocycles. The van der Waals surface area contributed by atoms with Gasteiger partial charge in [-0.15, -0.1) is 0 Å². The van der Waals surface area contributed by atoms with Gasteiger partial charge in [-0.25, -0.2) is 0 Å². The molecule has 7 heteroatoms. The number of amides is 2. The Morgan fingerprint density at radius 3 is 2.38 bits per heavy atom. The van der Waals surface area contributed by atoms with E-state index in [1.54, 1.807) is 19.3 Å². The van der Waals surface area contributed by atoms with Crippen LogP contribution >= 0.6 is 0 Å². The largest absolute Gasteiger partial charge is 0.354 e. The molecular formula is C35H36N4O3. The molecule has 0 spiro atoms. The number of nitrogens with one attached hydrogen (secondary N) is 3. The molecule has 0 aliphatic carbocycles. The summed E-state index contributed by atoms with van der Waals surface area (Å²) in [6.45, 7) is 2.01. The summed E-state index contributed by atoms with van der Waals surface area (Å²) >= 11 is 0. The van der Waals surface area contributed by atoms with Crippen LogP contribution in [-0.4, -0.2) is 40.2 Å². The average Bonchev–Trinajstić information content (AvgIpc) is 3.38. The number of para-hydroxylation sites is 1. The van der Waals surface area contributed by atoms with Crippen molar-refractivity contribution in [2.24, 2.45) is 0 Å². The molecule has 214 valence electrons. The Hall–Kier alpha value is -4.78. The van der Waals surface area contributed by atoms with E-state index < -0.39 is 6.04 Å². The molecule has 0 fully saturated rings. The second-order valence-corrected chi connectivity index (χ2v) is 10.7. The van der Waals surface area contributed by atoms with Gasteiger partial charge in [0.1, 0.15) is 11.8 Å². The van der Waals surface area contributed by atoms with Crippen molar-refractivity contribution in [3.8, 4) is 11.3 Å². The monoisotopic (exact) mass is 560 g/mol. The van der Waals surface area contributed by atoms with E-state index in [9.17, 15) is 14.4 Å². The van der Waals surface area contributed by atoms with Crippen LogP contribution in [0, 0.1) is 0 Å². The number of nitrogens with zero attached hydrogens (tertiary/aromatic N) is 1. The van der Waals surface area contributed by atoms with Gasteiger partial charge in [-0.3, -0.25) is 14.6 Å². The van der Waals surface area contributed by atoms with Crippen LogP contribution in [0.2, 0.25) is 0 Å². The molecule has 0 bridgehead atoms. The SMILES string of the molecule is CC(=O)CCCCC[C@H](NC(=O)c1cncc2ccccc12)C(=O)NCCc1c(-c2ccccc2)[nH]c2ccccc12. The molecule has 5 aromatic rings. The van der Waals surface area contributed by atoms with E-state index in [2.05, 4.69) is 44.9 Å². The number of hydrogen-bond acceptors (Lipinski definition) is 4. The van der Waals surface area contributed by atoms with Crippen molar-refractivity contribution in [3.05, 3.63) is 102 Å². The summed E-state index contributed by atoms with van der Waals surface area (Å²) in [4.78, 5) is 46.0. The van der Waals surface area contributed by atoms with Gasteiger partial charge in [0.2, 0.25) is 5.91 Å². The van der Waals surface area contributed by atoms with Crippen molar-refractivity contribution in [1.29, 1.82) is 0 Å². The van der Waals surface area contributed by atoms with Crippen molar-refractivity contribution in [3.63, 3.8) is 0 Å². The minimum Gasteiger partial charge on any atom is -0.354 e. The topological polar surface area (TPSA) is 104 Å². The van der Waals surface area contributed by atoms with Gasteiger partial charge in [0.15, 0.2) is 0 Å². The number of pyridine rings is 1. The van der Waals surface area contributed by atoms with Crippen LogP contribution in [0.3, 0.4) is 0 Å². The summed E-state index contributed by atoms with van der Waals surface area (Å²) in [7, 11) is 0. The maximum absolute atomic E-state index is 13.5. The van der Waals surface area contributed by atoms with Crippen LogP contribution in [0.5, 0.6) is 0 Å². The van der Waals surface area contributed by atoms with Crippen LogP contribution in [0.25, 0.3) is 32.9 Å². The van der Waals surface area contributed by atoms with Gasteiger partial charge in [0.05, 0.1) is 5.56 Å². The lowest BCUT2D eigenvalue weighted by Crippen LogP contribution is -2.47. The van der Waals surface area contributed by atoms with Crippen molar-refractivity contribution in [2.75, 3.05) is 6.54 Å². The first kappa shape index (κ1) is 28.7. The first-order valence-corrected chi connectivity index (χ1v) is 14.6. The van der Waals surface area contributed by atoms with Gasteiger partial charge in [-0.2, -0.15) is 0 Å². The molecule has 7 nitrogen and oxygen atoms in total. The Kier molecular flexibility index (Phi) is 9.39. The van der Waals surface area contributed by atoms with Crippen LogP contribution < -0.4 is 10.6 Å². The molecule has 0 aliphatic heterocycles. The van der Waals surface area contributed by atoms with Crippen LogP contribution in [0.15, 0.2) is 91.3 Å². The van der Waals surface area contributed by atoms with Crippen LogP contribution in [0.4, 0.5) is 0 Å². The quantitative estimate of drug-likeness (QED) is 0.145. The number of ketones is 1. The van der Waals surface area contributed by atoms with Crippen molar-refractivity contribution in [1.82, 2.24) is 20.6 Å². The molecule has 0 radical (unpaired) electrons. The minimum atomic E-state index is -0.703.